The van der Waals surface area contributed by atoms with Crippen molar-refractivity contribution in [2.24, 2.45) is 5.92 Å². The molecular weight excluding hydrogens is 262 g/mol. The summed E-state index contributed by atoms with van der Waals surface area (Å²) in [6.45, 7) is 10.7. The van der Waals surface area contributed by atoms with Gasteiger partial charge in [0.05, 0.1) is 6.54 Å². The van der Waals surface area contributed by atoms with E-state index in [9.17, 15) is 0 Å². The van der Waals surface area contributed by atoms with E-state index in [-0.39, 0.29) is 0 Å². The Morgan fingerprint density at radius 3 is 2.71 bits per heavy atom. The zero-order valence-corrected chi connectivity index (χ0v) is 13.4. The van der Waals surface area contributed by atoms with Gasteiger partial charge in [-0.15, -0.1) is 0 Å². The summed E-state index contributed by atoms with van der Waals surface area (Å²) in [4.78, 5) is 0. The molecule has 0 radical (unpaired) electrons. The SMILES string of the molecule is Cc1cccc(OCc2cc(CNCC(C)C)oc2C)c1. The summed E-state index contributed by atoms with van der Waals surface area (Å²) < 4.78 is 11.6. The number of aryl methyl sites for hydroxylation is 2. The zero-order chi connectivity index (χ0) is 15.2. The van der Waals surface area contributed by atoms with Crippen molar-refractivity contribution in [1.29, 1.82) is 0 Å². The van der Waals surface area contributed by atoms with Gasteiger partial charge < -0.3 is 14.5 Å². The maximum Gasteiger partial charge on any atom is 0.120 e. The molecule has 21 heavy (non-hydrogen) atoms. The molecule has 1 heterocycles. The third kappa shape index (κ3) is 4.94. The van der Waals surface area contributed by atoms with E-state index >= 15 is 0 Å². The van der Waals surface area contributed by atoms with E-state index < -0.39 is 0 Å². The second kappa shape index (κ2) is 7.32. The van der Waals surface area contributed by atoms with Gasteiger partial charge >= 0.3 is 0 Å². The predicted octanol–water partition coefficient (Wildman–Crippen LogP) is 4.22. The fraction of sp³-hybridized carbons (Fsp3) is 0.444. The quantitative estimate of drug-likeness (QED) is 0.828. The highest BCUT2D eigenvalue weighted by molar-refractivity contribution is 5.28. The van der Waals surface area contributed by atoms with E-state index in [1.165, 1.54) is 5.56 Å². The fourth-order valence-corrected chi connectivity index (χ4v) is 2.17. The van der Waals surface area contributed by atoms with Crippen molar-refractivity contribution in [3.63, 3.8) is 0 Å². The van der Waals surface area contributed by atoms with E-state index in [1.54, 1.807) is 0 Å². The first-order valence-corrected chi connectivity index (χ1v) is 7.53. The maximum atomic E-state index is 5.83. The highest BCUT2D eigenvalue weighted by Crippen LogP contribution is 2.19. The Hall–Kier alpha value is -1.74. The second-order valence-electron chi connectivity index (χ2n) is 5.92. The molecule has 114 valence electrons. The monoisotopic (exact) mass is 287 g/mol. The molecule has 0 saturated carbocycles. The third-order valence-electron chi connectivity index (χ3n) is 3.31. The van der Waals surface area contributed by atoms with Crippen LogP contribution in [0.2, 0.25) is 0 Å². The van der Waals surface area contributed by atoms with Crippen molar-refractivity contribution in [3.05, 3.63) is 53.0 Å². The van der Waals surface area contributed by atoms with Crippen molar-refractivity contribution < 1.29 is 9.15 Å². The summed E-state index contributed by atoms with van der Waals surface area (Å²) in [5, 5.41) is 3.39. The maximum absolute atomic E-state index is 5.83. The Balaban J connectivity index is 1.90. The highest BCUT2D eigenvalue weighted by atomic mass is 16.5. The van der Waals surface area contributed by atoms with Crippen LogP contribution in [0.4, 0.5) is 0 Å². The molecule has 0 spiro atoms. The van der Waals surface area contributed by atoms with Crippen LogP contribution in [-0.2, 0) is 13.2 Å². The van der Waals surface area contributed by atoms with Crippen LogP contribution in [0.25, 0.3) is 0 Å². The van der Waals surface area contributed by atoms with Gasteiger partial charge in [-0.25, -0.2) is 0 Å². The lowest BCUT2D eigenvalue weighted by Gasteiger charge is -2.05. The van der Waals surface area contributed by atoms with Gasteiger partial charge in [0.2, 0.25) is 0 Å². The van der Waals surface area contributed by atoms with Gasteiger partial charge in [-0.2, -0.15) is 0 Å². The number of rotatable bonds is 7. The van der Waals surface area contributed by atoms with Gasteiger partial charge in [0.1, 0.15) is 23.9 Å². The Morgan fingerprint density at radius 2 is 2.00 bits per heavy atom. The van der Waals surface area contributed by atoms with Crippen LogP contribution in [0.15, 0.2) is 34.7 Å². The van der Waals surface area contributed by atoms with Gasteiger partial charge in [-0.3, -0.25) is 0 Å². The van der Waals surface area contributed by atoms with E-state index in [1.807, 2.05) is 25.1 Å². The summed E-state index contributed by atoms with van der Waals surface area (Å²) in [5.41, 5.74) is 2.31. The average molecular weight is 287 g/mol. The third-order valence-corrected chi connectivity index (χ3v) is 3.31. The summed E-state index contributed by atoms with van der Waals surface area (Å²) >= 11 is 0. The molecule has 0 saturated heterocycles. The molecule has 2 rings (SSSR count). The van der Waals surface area contributed by atoms with E-state index in [0.717, 1.165) is 35.9 Å². The Labute approximate surface area is 127 Å². The molecular formula is C18H25NO2. The molecule has 1 N–H and O–H groups in total. The molecule has 3 nitrogen and oxygen atoms in total. The number of benzene rings is 1. The van der Waals surface area contributed by atoms with Gasteiger partial charge in [0.25, 0.3) is 0 Å². The van der Waals surface area contributed by atoms with Crippen LogP contribution < -0.4 is 10.1 Å². The average Bonchev–Trinajstić information content (AvgIpc) is 2.76. The molecule has 1 aromatic heterocycles. The Kier molecular flexibility index (Phi) is 5.45. The first-order chi connectivity index (χ1) is 10.0. The van der Waals surface area contributed by atoms with Gasteiger partial charge in [0.15, 0.2) is 0 Å². The van der Waals surface area contributed by atoms with E-state index in [4.69, 9.17) is 9.15 Å². The molecule has 0 fully saturated rings. The number of hydrogen-bond acceptors (Lipinski definition) is 3. The molecule has 0 bridgehead atoms. The van der Waals surface area contributed by atoms with Crippen molar-refractivity contribution >= 4 is 0 Å². The summed E-state index contributed by atoms with van der Waals surface area (Å²) in [6.07, 6.45) is 0. The van der Waals surface area contributed by atoms with Crippen LogP contribution in [0, 0.1) is 19.8 Å². The molecule has 0 aliphatic heterocycles. The molecule has 3 heteroatoms. The molecule has 0 amide bonds. The fourth-order valence-electron chi connectivity index (χ4n) is 2.17. The predicted molar refractivity (Wildman–Crippen MR) is 85.5 cm³/mol. The van der Waals surface area contributed by atoms with Gasteiger partial charge in [-0.05, 0) is 50.1 Å². The van der Waals surface area contributed by atoms with E-state index in [0.29, 0.717) is 12.5 Å². The van der Waals surface area contributed by atoms with Crippen LogP contribution in [-0.4, -0.2) is 6.54 Å². The summed E-state index contributed by atoms with van der Waals surface area (Å²) in [5.74, 6) is 3.44. The van der Waals surface area contributed by atoms with Crippen molar-refractivity contribution in [3.8, 4) is 5.75 Å². The topological polar surface area (TPSA) is 34.4 Å². The van der Waals surface area contributed by atoms with Crippen molar-refractivity contribution in [2.75, 3.05) is 6.54 Å². The minimum atomic E-state index is 0.545. The standard InChI is InChI=1S/C18H25NO2/c1-13(2)10-19-11-18-9-16(15(4)21-18)12-20-17-7-5-6-14(3)8-17/h5-9,13,19H,10-12H2,1-4H3. The summed E-state index contributed by atoms with van der Waals surface area (Å²) in [7, 11) is 0. The second-order valence-corrected chi connectivity index (χ2v) is 5.92. The smallest absolute Gasteiger partial charge is 0.120 e. The number of ether oxygens (including phenoxy) is 1. The van der Waals surface area contributed by atoms with Gasteiger partial charge in [0, 0.05) is 5.56 Å². The Morgan fingerprint density at radius 1 is 1.19 bits per heavy atom. The molecule has 0 unspecified atom stereocenters. The Bertz CT molecular complexity index is 572. The lowest BCUT2D eigenvalue weighted by Crippen LogP contribution is -2.18. The van der Waals surface area contributed by atoms with Gasteiger partial charge in [-0.1, -0.05) is 26.0 Å². The normalized spacial score (nSPS) is 11.1. The molecule has 2 aromatic rings. The van der Waals surface area contributed by atoms with Crippen molar-refractivity contribution in [2.45, 2.75) is 40.8 Å². The number of hydrogen-bond donors (Lipinski definition) is 1. The molecule has 0 atom stereocenters. The molecule has 0 aliphatic carbocycles. The van der Waals surface area contributed by atoms with Crippen LogP contribution in [0.1, 0.15) is 36.5 Å². The molecule has 0 aliphatic rings. The first-order valence-electron chi connectivity index (χ1n) is 7.53. The lowest BCUT2D eigenvalue weighted by atomic mass is 10.2. The first kappa shape index (κ1) is 15.6. The van der Waals surface area contributed by atoms with Crippen molar-refractivity contribution in [1.82, 2.24) is 5.32 Å². The summed E-state index contributed by atoms with van der Waals surface area (Å²) in [6, 6.07) is 10.2. The minimum Gasteiger partial charge on any atom is -0.489 e. The van der Waals surface area contributed by atoms with Crippen LogP contribution >= 0.6 is 0 Å². The lowest BCUT2D eigenvalue weighted by molar-refractivity contribution is 0.303. The van der Waals surface area contributed by atoms with Crippen LogP contribution in [0.5, 0.6) is 5.75 Å². The molecule has 1 aromatic carbocycles. The largest absolute Gasteiger partial charge is 0.489 e. The minimum absolute atomic E-state index is 0.545. The zero-order valence-electron chi connectivity index (χ0n) is 13.4. The number of nitrogens with one attached hydrogen (secondary N) is 1. The highest BCUT2D eigenvalue weighted by Gasteiger charge is 2.08. The van der Waals surface area contributed by atoms with Crippen LogP contribution in [0.3, 0.4) is 0 Å². The van der Waals surface area contributed by atoms with E-state index in [2.05, 4.69) is 38.2 Å². The number of furan rings is 1.